The molecule has 0 amide bonds. The van der Waals surface area contributed by atoms with Crippen LogP contribution in [0, 0.1) is 6.92 Å². The van der Waals surface area contributed by atoms with E-state index >= 15 is 0 Å². The van der Waals surface area contributed by atoms with Crippen LogP contribution in [0.3, 0.4) is 0 Å². The topological polar surface area (TPSA) is 80.8 Å². The molecule has 0 radical (unpaired) electrons. The van der Waals surface area contributed by atoms with Crippen molar-refractivity contribution >= 4 is 20.1 Å². The molecule has 3 atom stereocenters. The van der Waals surface area contributed by atoms with Gasteiger partial charge in [-0.1, -0.05) is 57.2 Å². The number of benzene rings is 1. The molecule has 0 N–H and O–H groups in total. The van der Waals surface area contributed by atoms with Gasteiger partial charge in [0.25, 0.3) is 10.1 Å². The van der Waals surface area contributed by atoms with Gasteiger partial charge in [-0.2, -0.15) is 12.7 Å². The van der Waals surface area contributed by atoms with E-state index in [0.717, 1.165) is 56.8 Å². The summed E-state index contributed by atoms with van der Waals surface area (Å²) in [5.74, 6) is 0. The minimum atomic E-state index is -3.63. The highest BCUT2D eigenvalue weighted by molar-refractivity contribution is 7.89. The van der Waals surface area contributed by atoms with Crippen LogP contribution in [0.4, 0.5) is 0 Å². The van der Waals surface area contributed by atoms with Crippen LogP contribution in [0.5, 0.6) is 0 Å². The smallest absolute Gasteiger partial charge is 0.264 e. The first-order valence-electron chi connectivity index (χ1n) is 11.6. The van der Waals surface area contributed by atoms with Crippen LogP contribution in [0.1, 0.15) is 83.6 Å². The van der Waals surface area contributed by atoms with Crippen molar-refractivity contribution in [2.45, 2.75) is 108 Å². The Kier molecular flexibility index (Phi) is 9.98. The Labute approximate surface area is 189 Å². The highest BCUT2D eigenvalue weighted by Crippen LogP contribution is 2.34. The molecule has 0 spiro atoms. The number of hydrogen-bond donors (Lipinski definition) is 0. The molecular formula is C23H39NO5S2. The standard InChI is InChI=1S/C23H39NO5S2/c1-5-7-12-22(29-30(4,25)26)16-15-21-11-8-10-20(9-6-2)24(21)31(27,28)23-17-13-19(3)14-18-23/h13-14,17-18,20-22H,5-12,15-16H2,1-4H3/t20-,21-,22+/m1/s1. The Morgan fingerprint density at radius 2 is 1.58 bits per heavy atom. The fraction of sp³-hybridized carbons (Fsp3) is 0.739. The molecule has 2 rings (SSSR count). The van der Waals surface area contributed by atoms with Crippen LogP contribution < -0.4 is 0 Å². The summed E-state index contributed by atoms with van der Waals surface area (Å²) in [5.41, 5.74) is 1.02. The minimum Gasteiger partial charge on any atom is -0.267 e. The van der Waals surface area contributed by atoms with E-state index in [4.69, 9.17) is 4.18 Å². The highest BCUT2D eigenvalue weighted by Gasteiger charge is 2.39. The summed E-state index contributed by atoms with van der Waals surface area (Å²) in [7, 11) is -7.17. The average Bonchev–Trinajstić information content (AvgIpc) is 2.69. The summed E-state index contributed by atoms with van der Waals surface area (Å²) >= 11 is 0. The molecule has 6 nitrogen and oxygen atoms in total. The van der Waals surface area contributed by atoms with Crippen molar-refractivity contribution < 1.29 is 21.0 Å². The second kappa shape index (κ2) is 11.8. The van der Waals surface area contributed by atoms with Crippen LogP contribution in [0.2, 0.25) is 0 Å². The molecule has 8 heteroatoms. The van der Waals surface area contributed by atoms with Gasteiger partial charge in [0.1, 0.15) is 0 Å². The summed E-state index contributed by atoms with van der Waals surface area (Å²) in [5, 5.41) is 0. The summed E-state index contributed by atoms with van der Waals surface area (Å²) in [4.78, 5) is 0.334. The Morgan fingerprint density at radius 1 is 0.968 bits per heavy atom. The van der Waals surface area contributed by atoms with Gasteiger partial charge in [-0.25, -0.2) is 8.42 Å². The molecule has 0 aromatic heterocycles. The third kappa shape index (κ3) is 7.84. The van der Waals surface area contributed by atoms with E-state index in [2.05, 4.69) is 13.8 Å². The van der Waals surface area contributed by atoms with Crippen molar-refractivity contribution in [3.63, 3.8) is 0 Å². The van der Waals surface area contributed by atoms with Gasteiger partial charge >= 0.3 is 0 Å². The van der Waals surface area contributed by atoms with E-state index in [-0.39, 0.29) is 12.1 Å². The molecule has 1 aliphatic heterocycles. The molecule has 1 heterocycles. The molecule has 1 aliphatic rings. The van der Waals surface area contributed by atoms with Gasteiger partial charge in [-0.05, 0) is 57.6 Å². The summed E-state index contributed by atoms with van der Waals surface area (Å²) in [6.45, 7) is 6.09. The van der Waals surface area contributed by atoms with Gasteiger partial charge in [-0.15, -0.1) is 0 Å². The molecule has 178 valence electrons. The molecule has 1 aromatic rings. The van der Waals surface area contributed by atoms with Crippen molar-refractivity contribution in [2.75, 3.05) is 6.26 Å². The monoisotopic (exact) mass is 473 g/mol. The summed E-state index contributed by atoms with van der Waals surface area (Å²) in [6, 6.07) is 6.90. The van der Waals surface area contributed by atoms with Crippen molar-refractivity contribution in [2.24, 2.45) is 0 Å². The van der Waals surface area contributed by atoms with E-state index < -0.39 is 26.2 Å². The number of rotatable bonds is 12. The summed E-state index contributed by atoms with van der Waals surface area (Å²) in [6.07, 6.45) is 8.75. The lowest BCUT2D eigenvalue weighted by molar-refractivity contribution is 0.132. The normalized spacial score (nSPS) is 21.8. The largest absolute Gasteiger partial charge is 0.267 e. The predicted molar refractivity (Wildman–Crippen MR) is 125 cm³/mol. The van der Waals surface area contributed by atoms with Gasteiger partial charge in [0.2, 0.25) is 10.0 Å². The lowest BCUT2D eigenvalue weighted by Gasteiger charge is -2.41. The summed E-state index contributed by atoms with van der Waals surface area (Å²) < 4.78 is 57.7. The number of unbranched alkanes of at least 4 members (excludes halogenated alkanes) is 1. The zero-order valence-corrected chi connectivity index (χ0v) is 21.1. The van der Waals surface area contributed by atoms with Crippen molar-refractivity contribution in [1.29, 1.82) is 0 Å². The quantitative estimate of drug-likeness (QED) is 0.398. The maximum atomic E-state index is 13.6. The lowest BCUT2D eigenvalue weighted by Crippen LogP contribution is -2.50. The van der Waals surface area contributed by atoms with Gasteiger partial charge in [0, 0.05) is 12.1 Å². The second-order valence-electron chi connectivity index (χ2n) is 8.82. The number of hydrogen-bond acceptors (Lipinski definition) is 5. The first kappa shape index (κ1) is 26.3. The Bertz CT molecular complexity index is 879. The van der Waals surface area contributed by atoms with Crippen molar-refractivity contribution in [1.82, 2.24) is 4.31 Å². The van der Waals surface area contributed by atoms with E-state index in [1.165, 1.54) is 0 Å². The van der Waals surface area contributed by atoms with Gasteiger partial charge < -0.3 is 0 Å². The van der Waals surface area contributed by atoms with Crippen LogP contribution >= 0.6 is 0 Å². The fourth-order valence-corrected chi connectivity index (χ4v) is 7.16. The van der Waals surface area contributed by atoms with Crippen LogP contribution in [0.15, 0.2) is 29.2 Å². The lowest BCUT2D eigenvalue weighted by atomic mass is 9.92. The van der Waals surface area contributed by atoms with E-state index in [0.29, 0.717) is 24.2 Å². The third-order valence-corrected chi connectivity index (χ3v) is 8.67. The van der Waals surface area contributed by atoms with Gasteiger partial charge in [0.15, 0.2) is 0 Å². The first-order chi connectivity index (χ1) is 14.6. The number of nitrogens with zero attached hydrogens (tertiary/aromatic N) is 1. The van der Waals surface area contributed by atoms with Gasteiger partial charge in [0.05, 0.1) is 17.3 Å². The van der Waals surface area contributed by atoms with E-state index in [1.807, 2.05) is 19.1 Å². The van der Waals surface area contributed by atoms with Crippen molar-refractivity contribution in [3.8, 4) is 0 Å². The third-order valence-electron chi connectivity index (χ3n) is 6.03. The highest BCUT2D eigenvalue weighted by atomic mass is 32.2. The molecule has 0 saturated carbocycles. The van der Waals surface area contributed by atoms with Crippen LogP contribution in [0.25, 0.3) is 0 Å². The van der Waals surface area contributed by atoms with Crippen LogP contribution in [-0.4, -0.2) is 45.6 Å². The molecular weight excluding hydrogens is 434 g/mol. The zero-order chi connectivity index (χ0) is 23.1. The molecule has 0 aliphatic carbocycles. The number of piperidine rings is 1. The van der Waals surface area contributed by atoms with E-state index in [9.17, 15) is 16.8 Å². The molecule has 31 heavy (non-hydrogen) atoms. The maximum absolute atomic E-state index is 13.6. The van der Waals surface area contributed by atoms with E-state index in [1.54, 1.807) is 16.4 Å². The predicted octanol–water partition coefficient (Wildman–Crippen LogP) is 5.02. The van der Waals surface area contributed by atoms with Crippen LogP contribution in [-0.2, 0) is 24.3 Å². The fourth-order valence-electron chi connectivity index (χ4n) is 4.54. The van der Waals surface area contributed by atoms with Crippen molar-refractivity contribution in [3.05, 3.63) is 29.8 Å². The first-order valence-corrected chi connectivity index (χ1v) is 14.8. The Balaban J connectivity index is 2.26. The van der Waals surface area contributed by atoms with Gasteiger partial charge in [-0.3, -0.25) is 4.18 Å². The molecule has 1 saturated heterocycles. The Hall–Kier alpha value is -0.960. The minimum absolute atomic E-state index is 0.0139. The molecule has 1 fully saturated rings. The molecule has 1 aromatic carbocycles. The Morgan fingerprint density at radius 3 is 2.13 bits per heavy atom. The number of sulfonamides is 1. The average molecular weight is 474 g/mol. The molecule has 0 bridgehead atoms. The second-order valence-corrected chi connectivity index (χ2v) is 12.3. The maximum Gasteiger partial charge on any atom is 0.264 e. The SMILES string of the molecule is CCCC[C@@H](CC[C@H]1CCC[C@@H](CCC)N1S(=O)(=O)c1ccc(C)cc1)OS(C)(=O)=O. The molecule has 0 unspecified atom stereocenters. The number of aryl methyl sites for hydroxylation is 1. The zero-order valence-electron chi connectivity index (χ0n) is 19.4.